The average molecular weight is 558 g/mol. The number of nitrogens with one attached hydrogen (secondary N) is 2. The van der Waals surface area contributed by atoms with Crippen molar-refractivity contribution in [2.75, 3.05) is 44.7 Å². The maximum Gasteiger partial charge on any atom is 0.434 e. The van der Waals surface area contributed by atoms with E-state index in [1.807, 2.05) is 11.8 Å². The van der Waals surface area contributed by atoms with Gasteiger partial charge >= 0.3 is 12.1 Å². The molecule has 2 aromatic heterocycles. The fraction of sp³-hybridized carbons (Fsp3) is 0.600. The molecule has 13 heteroatoms. The van der Waals surface area contributed by atoms with E-state index in [1.165, 1.54) is 5.56 Å². The third kappa shape index (κ3) is 8.91. The molecule has 3 heterocycles. The van der Waals surface area contributed by atoms with E-state index in [-0.39, 0.29) is 6.42 Å². The number of aromatic nitrogens is 2. The molecule has 3 rings (SSSR count). The minimum atomic E-state index is -4.80. The standard InChI is InChI=1S/C25H34F3N5O4S/c1-2-37-15-14-33(12-4-3-7-18-9-8-17-6-5-11-29-22(17)31-18)13-10-19(24(35)36)32-23(34)20-21(25(26,27)28)30-16-38-20/h8-9,16,19H,2-7,10-15H2,1H3,(H,29,31)(H,32,34)(H,35,36). The zero-order valence-corrected chi connectivity index (χ0v) is 22.2. The van der Waals surface area contributed by atoms with Gasteiger partial charge in [-0.2, -0.15) is 13.2 Å². The van der Waals surface area contributed by atoms with Crippen LogP contribution >= 0.6 is 11.3 Å². The topological polar surface area (TPSA) is 117 Å². The summed E-state index contributed by atoms with van der Waals surface area (Å²) in [5.74, 6) is -1.44. The first-order valence-corrected chi connectivity index (χ1v) is 13.6. The SMILES string of the molecule is CCOCCN(CCCCc1ccc2c(n1)NCCC2)CCC(NC(=O)c1scnc1C(F)(F)F)C(=O)O. The summed E-state index contributed by atoms with van der Waals surface area (Å²) in [5, 5.41) is 15.2. The Morgan fingerprint density at radius 3 is 2.82 bits per heavy atom. The van der Waals surface area contributed by atoms with E-state index in [2.05, 4.69) is 27.8 Å². The van der Waals surface area contributed by atoms with Crippen LogP contribution in [0.5, 0.6) is 0 Å². The number of thiazole rings is 1. The lowest BCUT2D eigenvalue weighted by Crippen LogP contribution is -2.43. The quantitative estimate of drug-likeness (QED) is 0.283. The van der Waals surface area contributed by atoms with Crippen molar-refractivity contribution in [1.82, 2.24) is 20.2 Å². The van der Waals surface area contributed by atoms with Gasteiger partial charge in [-0.1, -0.05) is 6.07 Å². The van der Waals surface area contributed by atoms with Crippen molar-refractivity contribution in [3.05, 3.63) is 39.5 Å². The maximum atomic E-state index is 13.1. The van der Waals surface area contributed by atoms with Crippen LogP contribution in [-0.2, 0) is 28.5 Å². The zero-order chi connectivity index (χ0) is 27.5. The number of aryl methyl sites for hydroxylation is 2. The number of ether oxygens (including phenoxy) is 1. The smallest absolute Gasteiger partial charge is 0.434 e. The van der Waals surface area contributed by atoms with E-state index >= 15 is 0 Å². The largest absolute Gasteiger partial charge is 0.480 e. The van der Waals surface area contributed by atoms with E-state index in [1.54, 1.807) is 0 Å². The molecule has 9 nitrogen and oxygen atoms in total. The first kappa shape index (κ1) is 29.8. The molecular formula is C25H34F3N5O4S. The third-order valence-corrected chi connectivity index (χ3v) is 7.07. The third-order valence-electron chi connectivity index (χ3n) is 6.24. The van der Waals surface area contributed by atoms with Gasteiger partial charge in [-0.3, -0.25) is 4.79 Å². The molecule has 1 atom stereocenters. The summed E-state index contributed by atoms with van der Waals surface area (Å²) in [4.78, 5) is 33.5. The predicted octanol–water partition coefficient (Wildman–Crippen LogP) is 3.85. The lowest BCUT2D eigenvalue weighted by molar-refractivity contribution is -0.141. The van der Waals surface area contributed by atoms with Gasteiger partial charge < -0.3 is 25.4 Å². The molecule has 0 radical (unpaired) electrons. The van der Waals surface area contributed by atoms with Crippen molar-refractivity contribution in [2.24, 2.45) is 0 Å². The fourth-order valence-electron chi connectivity index (χ4n) is 4.23. The summed E-state index contributed by atoms with van der Waals surface area (Å²) in [6, 6.07) is 2.85. The van der Waals surface area contributed by atoms with Gasteiger partial charge in [-0.15, -0.1) is 11.3 Å². The number of aliphatic carboxylic acids is 1. The molecule has 1 aliphatic heterocycles. The van der Waals surface area contributed by atoms with Crippen molar-refractivity contribution < 1.29 is 32.6 Å². The van der Waals surface area contributed by atoms with Gasteiger partial charge in [0.05, 0.1) is 12.1 Å². The summed E-state index contributed by atoms with van der Waals surface area (Å²) in [6.07, 6.45) is -0.0654. The van der Waals surface area contributed by atoms with Gasteiger partial charge in [-0.25, -0.2) is 14.8 Å². The molecule has 2 aromatic rings. The maximum absolute atomic E-state index is 13.1. The first-order chi connectivity index (χ1) is 18.2. The molecular weight excluding hydrogens is 523 g/mol. The molecule has 3 N–H and O–H groups in total. The number of unbranched alkanes of at least 4 members (excludes halogenated alkanes) is 1. The predicted molar refractivity (Wildman–Crippen MR) is 138 cm³/mol. The van der Waals surface area contributed by atoms with Gasteiger partial charge in [0.2, 0.25) is 0 Å². The Balaban J connectivity index is 1.52. The van der Waals surface area contributed by atoms with Crippen LogP contribution in [0.3, 0.4) is 0 Å². The summed E-state index contributed by atoms with van der Waals surface area (Å²) in [6.45, 7) is 5.43. The number of carbonyl (C=O) groups is 2. The van der Waals surface area contributed by atoms with E-state index in [0.717, 1.165) is 55.7 Å². The van der Waals surface area contributed by atoms with E-state index in [4.69, 9.17) is 9.72 Å². The highest BCUT2D eigenvalue weighted by molar-refractivity contribution is 7.11. The van der Waals surface area contributed by atoms with E-state index in [9.17, 15) is 27.9 Å². The summed E-state index contributed by atoms with van der Waals surface area (Å²) in [5.41, 5.74) is 1.87. The Bertz CT molecular complexity index is 1070. The van der Waals surface area contributed by atoms with Crippen LogP contribution in [0.25, 0.3) is 0 Å². The van der Waals surface area contributed by atoms with Crippen LogP contribution in [-0.4, -0.2) is 77.3 Å². The van der Waals surface area contributed by atoms with Crippen LogP contribution in [0, 0.1) is 0 Å². The second kappa shape index (κ2) is 14.4. The molecule has 0 fully saturated rings. The first-order valence-electron chi connectivity index (χ1n) is 12.8. The highest BCUT2D eigenvalue weighted by Crippen LogP contribution is 2.32. The number of hydrogen-bond donors (Lipinski definition) is 3. The minimum Gasteiger partial charge on any atom is -0.480 e. The number of nitrogens with zero attached hydrogens (tertiary/aromatic N) is 3. The number of rotatable bonds is 15. The van der Waals surface area contributed by atoms with Crippen LogP contribution in [0.2, 0.25) is 0 Å². The Kier molecular flexibility index (Phi) is 11.3. The van der Waals surface area contributed by atoms with E-state index < -0.39 is 34.7 Å². The highest BCUT2D eigenvalue weighted by Gasteiger charge is 2.39. The molecule has 1 unspecified atom stereocenters. The number of fused-ring (bicyclic) bond motifs is 1. The normalized spacial score (nSPS) is 14.1. The Morgan fingerprint density at radius 1 is 1.26 bits per heavy atom. The number of hydrogen-bond acceptors (Lipinski definition) is 8. The van der Waals surface area contributed by atoms with Crippen molar-refractivity contribution in [1.29, 1.82) is 0 Å². The van der Waals surface area contributed by atoms with Crippen molar-refractivity contribution in [2.45, 2.75) is 57.7 Å². The summed E-state index contributed by atoms with van der Waals surface area (Å²) < 4.78 is 44.7. The number of carbonyl (C=O) groups excluding carboxylic acids is 1. The molecule has 1 amide bonds. The van der Waals surface area contributed by atoms with Gasteiger partial charge in [0, 0.05) is 31.9 Å². The van der Waals surface area contributed by atoms with Crippen molar-refractivity contribution in [3.63, 3.8) is 0 Å². The molecule has 38 heavy (non-hydrogen) atoms. The molecule has 0 aromatic carbocycles. The van der Waals surface area contributed by atoms with Crippen molar-refractivity contribution >= 4 is 29.0 Å². The fourth-order valence-corrected chi connectivity index (χ4v) is 4.93. The average Bonchev–Trinajstić information content (AvgIpc) is 3.39. The second-order valence-electron chi connectivity index (χ2n) is 9.02. The highest BCUT2D eigenvalue weighted by atomic mass is 32.1. The number of carboxylic acids is 1. The lowest BCUT2D eigenvalue weighted by Gasteiger charge is -2.24. The monoisotopic (exact) mass is 557 g/mol. The van der Waals surface area contributed by atoms with Crippen LogP contribution in [0.15, 0.2) is 17.6 Å². The Hall–Kier alpha value is -2.77. The number of amides is 1. The number of carboxylic acid groups (broad SMARTS) is 1. The number of halogens is 3. The molecule has 1 aliphatic rings. The molecule has 0 aliphatic carbocycles. The van der Waals surface area contributed by atoms with Crippen LogP contribution < -0.4 is 10.6 Å². The zero-order valence-electron chi connectivity index (χ0n) is 21.4. The van der Waals surface area contributed by atoms with Crippen LogP contribution in [0.4, 0.5) is 19.0 Å². The number of pyridine rings is 1. The van der Waals surface area contributed by atoms with Gasteiger partial charge in [0.25, 0.3) is 5.91 Å². The van der Waals surface area contributed by atoms with Gasteiger partial charge in [0.1, 0.15) is 16.7 Å². The summed E-state index contributed by atoms with van der Waals surface area (Å²) in [7, 11) is 0. The number of alkyl halides is 3. The molecule has 0 saturated carbocycles. The number of anilines is 1. The summed E-state index contributed by atoms with van der Waals surface area (Å²) >= 11 is 0.523. The van der Waals surface area contributed by atoms with E-state index in [0.29, 0.717) is 44.2 Å². The van der Waals surface area contributed by atoms with Gasteiger partial charge in [0.15, 0.2) is 5.69 Å². The molecule has 0 spiro atoms. The molecule has 0 bridgehead atoms. The Morgan fingerprint density at radius 2 is 2.08 bits per heavy atom. The lowest BCUT2D eigenvalue weighted by atomic mass is 10.1. The molecule has 210 valence electrons. The second-order valence-corrected chi connectivity index (χ2v) is 9.87. The molecule has 0 saturated heterocycles. The Labute approximate surface area is 223 Å². The van der Waals surface area contributed by atoms with Crippen LogP contribution in [0.1, 0.15) is 59.2 Å². The van der Waals surface area contributed by atoms with Gasteiger partial charge in [-0.05, 0) is 63.6 Å². The minimum absolute atomic E-state index is 0.0331. The van der Waals surface area contributed by atoms with Crippen molar-refractivity contribution in [3.8, 4) is 0 Å².